The number of aromatic nitrogens is 3. The predicted molar refractivity (Wildman–Crippen MR) is 176 cm³/mol. The van der Waals surface area contributed by atoms with Gasteiger partial charge < -0.3 is 10.2 Å². The molecule has 2 N–H and O–H groups in total. The Morgan fingerprint density at radius 3 is 1.43 bits per heavy atom. The summed E-state index contributed by atoms with van der Waals surface area (Å²) in [6, 6.07) is 35.2. The maximum atomic E-state index is 11.0. The van der Waals surface area contributed by atoms with E-state index < -0.39 is 0 Å². The molecule has 44 heavy (non-hydrogen) atoms. The molecule has 0 amide bonds. The Bertz CT molecular complexity index is 2280. The number of rotatable bonds is 4. The van der Waals surface area contributed by atoms with Crippen LogP contribution >= 0.6 is 0 Å². The lowest BCUT2D eigenvalue weighted by molar-refractivity contribution is -0.509. The van der Waals surface area contributed by atoms with Crippen LogP contribution in [-0.4, -0.2) is 32.0 Å². The van der Waals surface area contributed by atoms with Crippen LogP contribution in [-0.2, 0) is 0 Å². The van der Waals surface area contributed by atoms with Crippen molar-refractivity contribution in [1.82, 2.24) is 9.97 Å². The number of fused-ring (bicyclic) bond motifs is 9. The van der Waals surface area contributed by atoms with E-state index in [1.54, 1.807) is 24.5 Å². The van der Waals surface area contributed by atoms with Crippen LogP contribution in [0.25, 0.3) is 48.6 Å². The van der Waals surface area contributed by atoms with Gasteiger partial charge in [0.2, 0.25) is 17.3 Å². The number of nitrogens with zero attached hydrogens (tertiary/aromatic N) is 5. The van der Waals surface area contributed by atoms with Crippen molar-refractivity contribution >= 4 is 72.0 Å². The second-order valence-electron chi connectivity index (χ2n) is 10.6. The normalized spacial score (nSPS) is 12.5. The molecular formula is C37H24N5O2+. The molecule has 8 aromatic rings. The fraction of sp³-hybridized carbons (Fsp3) is 0. The Labute approximate surface area is 251 Å². The van der Waals surface area contributed by atoms with Crippen molar-refractivity contribution in [3.63, 3.8) is 0 Å². The van der Waals surface area contributed by atoms with Gasteiger partial charge >= 0.3 is 0 Å². The summed E-state index contributed by atoms with van der Waals surface area (Å²) in [5.74, 6) is 0.676. The van der Waals surface area contributed by atoms with Gasteiger partial charge in [-0.1, -0.05) is 48.5 Å². The van der Waals surface area contributed by atoms with Crippen molar-refractivity contribution in [2.24, 2.45) is 9.98 Å². The highest BCUT2D eigenvalue weighted by molar-refractivity contribution is 6.25. The molecule has 0 radical (unpaired) electrons. The SMILES string of the molecule is OC(=Nc1ccccn1)c1ccc2ccc3cc[n+]4ccc5ccc6ccc(C(O)=Nc7ccccn7)cc6c5c4c3c2c1. The average Bonchev–Trinajstić information content (AvgIpc) is 3.07. The van der Waals surface area contributed by atoms with Crippen LogP contribution in [0.5, 0.6) is 0 Å². The molecule has 8 rings (SSSR count). The molecular weight excluding hydrogens is 546 g/mol. The highest BCUT2D eigenvalue weighted by Gasteiger charge is 2.19. The number of hydrogen-bond acceptors (Lipinski definition) is 4. The van der Waals surface area contributed by atoms with Crippen LogP contribution in [0.4, 0.5) is 11.6 Å². The summed E-state index contributed by atoms with van der Waals surface area (Å²) in [5, 5.41) is 30.3. The van der Waals surface area contributed by atoms with Crippen molar-refractivity contribution < 1.29 is 14.6 Å². The van der Waals surface area contributed by atoms with Crippen molar-refractivity contribution in [2.75, 3.05) is 0 Å². The Morgan fingerprint density at radius 2 is 0.977 bits per heavy atom. The van der Waals surface area contributed by atoms with Crippen molar-refractivity contribution in [3.8, 4) is 0 Å². The van der Waals surface area contributed by atoms with Gasteiger partial charge in [-0.05, 0) is 80.8 Å². The van der Waals surface area contributed by atoms with Gasteiger partial charge in [0.05, 0.1) is 10.8 Å². The number of benzene rings is 4. The lowest BCUT2D eigenvalue weighted by atomic mass is 9.95. The first-order valence-corrected chi connectivity index (χ1v) is 14.2. The summed E-state index contributed by atoms with van der Waals surface area (Å²) in [7, 11) is 0. The molecule has 7 nitrogen and oxygen atoms in total. The Morgan fingerprint density at radius 1 is 0.523 bits per heavy atom. The molecule has 0 spiro atoms. The third kappa shape index (κ3) is 4.35. The Hall–Kier alpha value is -6.21. The lowest BCUT2D eigenvalue weighted by Gasteiger charge is -2.10. The second kappa shape index (κ2) is 10.3. The minimum atomic E-state index is -0.0990. The maximum Gasteiger partial charge on any atom is 0.227 e. The molecule has 0 aliphatic heterocycles. The van der Waals surface area contributed by atoms with Gasteiger partial charge in [-0.3, -0.25) is 0 Å². The van der Waals surface area contributed by atoms with E-state index in [1.807, 2.05) is 60.7 Å². The highest BCUT2D eigenvalue weighted by atomic mass is 16.3. The average molecular weight is 571 g/mol. The van der Waals surface area contributed by atoms with Gasteiger partial charge in [0.15, 0.2) is 24.0 Å². The van der Waals surface area contributed by atoms with Crippen LogP contribution in [0.3, 0.4) is 0 Å². The molecule has 4 aromatic heterocycles. The molecule has 7 heteroatoms. The number of aliphatic hydroxyl groups is 2. The van der Waals surface area contributed by atoms with Crippen molar-refractivity contribution in [3.05, 3.63) is 145 Å². The van der Waals surface area contributed by atoms with E-state index in [4.69, 9.17) is 0 Å². The molecule has 0 aliphatic carbocycles. The molecule has 0 fully saturated rings. The smallest absolute Gasteiger partial charge is 0.227 e. The molecule has 0 aliphatic rings. The minimum absolute atomic E-state index is 0.0990. The van der Waals surface area contributed by atoms with Crippen LogP contribution in [0, 0.1) is 0 Å². The summed E-state index contributed by atoms with van der Waals surface area (Å²) in [5.41, 5.74) is 2.22. The molecule has 0 atom stereocenters. The topological polar surface area (TPSA) is 95.1 Å². The summed E-state index contributed by atoms with van der Waals surface area (Å²) in [6.45, 7) is 0. The molecule has 0 unspecified atom stereocenters. The quantitative estimate of drug-likeness (QED) is 0.0967. The number of aliphatic hydroxyl groups excluding tert-OH is 2. The van der Waals surface area contributed by atoms with Crippen LogP contribution < -0.4 is 4.40 Å². The molecule has 4 aromatic carbocycles. The van der Waals surface area contributed by atoms with E-state index in [2.05, 4.69) is 73.1 Å². The number of pyridine rings is 4. The Kier molecular flexibility index (Phi) is 5.94. The summed E-state index contributed by atoms with van der Waals surface area (Å²) < 4.78 is 2.13. The molecule has 0 saturated carbocycles. The largest absolute Gasteiger partial charge is 0.493 e. The first-order chi connectivity index (χ1) is 21.6. The third-order valence-electron chi connectivity index (χ3n) is 7.92. The zero-order chi connectivity index (χ0) is 29.6. The summed E-state index contributed by atoms with van der Waals surface area (Å²) in [4.78, 5) is 17.1. The van der Waals surface area contributed by atoms with Gasteiger partial charge in [0, 0.05) is 35.7 Å². The summed E-state index contributed by atoms with van der Waals surface area (Å²) in [6.07, 6.45) is 7.42. The van der Waals surface area contributed by atoms with Gasteiger partial charge in [0.1, 0.15) is 0 Å². The number of hydrogen-bond donors (Lipinski definition) is 2. The first kappa shape index (κ1) is 25.5. The van der Waals surface area contributed by atoms with Gasteiger partial charge in [0.25, 0.3) is 0 Å². The van der Waals surface area contributed by atoms with Crippen molar-refractivity contribution in [1.29, 1.82) is 0 Å². The monoisotopic (exact) mass is 570 g/mol. The van der Waals surface area contributed by atoms with Gasteiger partial charge in [-0.25, -0.2) is 9.97 Å². The molecule has 0 saturated heterocycles. The van der Waals surface area contributed by atoms with Crippen molar-refractivity contribution in [2.45, 2.75) is 0 Å². The van der Waals surface area contributed by atoms with Gasteiger partial charge in [-0.2, -0.15) is 14.4 Å². The van der Waals surface area contributed by atoms with E-state index in [1.165, 1.54) is 0 Å². The van der Waals surface area contributed by atoms with Gasteiger partial charge in [-0.15, -0.1) is 0 Å². The fourth-order valence-corrected chi connectivity index (χ4v) is 5.85. The zero-order valence-corrected chi connectivity index (χ0v) is 23.3. The van der Waals surface area contributed by atoms with Crippen LogP contribution in [0.2, 0.25) is 0 Å². The zero-order valence-electron chi connectivity index (χ0n) is 23.3. The molecule has 4 heterocycles. The third-order valence-corrected chi connectivity index (χ3v) is 7.92. The van der Waals surface area contributed by atoms with Crippen LogP contribution in [0.15, 0.2) is 144 Å². The minimum Gasteiger partial charge on any atom is -0.493 e. The van der Waals surface area contributed by atoms with E-state index >= 15 is 0 Å². The molecule has 208 valence electrons. The second-order valence-corrected chi connectivity index (χ2v) is 10.6. The molecule has 0 bridgehead atoms. The summed E-state index contributed by atoms with van der Waals surface area (Å²) >= 11 is 0. The van der Waals surface area contributed by atoms with E-state index in [0.29, 0.717) is 22.8 Å². The predicted octanol–water partition coefficient (Wildman–Crippen LogP) is 8.10. The highest BCUT2D eigenvalue weighted by Crippen LogP contribution is 2.35. The number of aliphatic imine (C=N–C) groups is 2. The first-order valence-electron chi connectivity index (χ1n) is 14.2. The van der Waals surface area contributed by atoms with E-state index in [-0.39, 0.29) is 11.8 Å². The van der Waals surface area contributed by atoms with E-state index in [9.17, 15) is 10.2 Å². The van der Waals surface area contributed by atoms with Crippen LogP contribution in [0.1, 0.15) is 11.1 Å². The fourth-order valence-electron chi connectivity index (χ4n) is 5.85. The lowest BCUT2D eigenvalue weighted by Crippen LogP contribution is -2.20. The van der Waals surface area contributed by atoms with E-state index in [0.717, 1.165) is 48.6 Å². The standard InChI is InChI=1S/C37H23N5O2/c43-36(40-31-5-1-3-17-38-31)27-13-9-23-7-11-25-15-19-42-20-16-26-12-8-24-10-14-28(37(44)41-32-6-2-4-18-39-32)22-30(24)34(26)35(42)33(25)29(23)21-27/h1-22H,(H-,38,39,40,41,43,44)/p+1. The maximum absolute atomic E-state index is 11.0. The Balaban J connectivity index is 1.43.